The van der Waals surface area contributed by atoms with Gasteiger partial charge in [0.25, 0.3) is 0 Å². The minimum atomic E-state index is -0.607. The smallest absolute Gasteiger partial charge is 0.214 e. The number of methoxy groups -OCH3 is 1. The van der Waals surface area contributed by atoms with Crippen molar-refractivity contribution in [3.05, 3.63) is 46.2 Å². The molecule has 1 N–H and O–H groups in total. The molecule has 0 unspecified atom stereocenters. The number of aromatic nitrogens is 4. The zero-order valence-electron chi connectivity index (χ0n) is 14.5. The lowest BCUT2D eigenvalue weighted by Crippen LogP contribution is -2.18. The number of ether oxygens (including phenoxy) is 2. The summed E-state index contributed by atoms with van der Waals surface area (Å²) in [6.45, 7) is 2.77. The number of thioether (sulfide) groups is 1. The predicted octanol–water partition coefficient (Wildman–Crippen LogP) is 2.71. The molecule has 138 valence electrons. The van der Waals surface area contributed by atoms with E-state index < -0.39 is 6.10 Å². The van der Waals surface area contributed by atoms with Gasteiger partial charge < -0.3 is 14.6 Å². The minimum Gasteiger partial charge on any atom is -0.494 e. The van der Waals surface area contributed by atoms with Crippen molar-refractivity contribution in [2.24, 2.45) is 0 Å². The Labute approximate surface area is 160 Å². The molecule has 9 heteroatoms. The Balaban J connectivity index is 1.58. The molecule has 0 amide bonds. The second-order valence-electron chi connectivity index (χ2n) is 5.61. The monoisotopic (exact) mass is 392 g/mol. The molecule has 1 atom stereocenters. The summed E-state index contributed by atoms with van der Waals surface area (Å²) in [6, 6.07) is 9.80. The van der Waals surface area contributed by atoms with E-state index in [2.05, 4.69) is 15.5 Å². The van der Waals surface area contributed by atoms with Gasteiger partial charge in [0, 0.05) is 10.6 Å². The summed E-state index contributed by atoms with van der Waals surface area (Å²) < 4.78 is 12.6. The summed E-state index contributed by atoms with van der Waals surface area (Å²) in [5.74, 6) is 1.11. The maximum atomic E-state index is 10.1. The Hall–Kier alpha value is -1.94. The van der Waals surface area contributed by atoms with Crippen LogP contribution in [0.2, 0.25) is 0 Å². The fraction of sp³-hybridized carbons (Fsp3) is 0.353. The van der Waals surface area contributed by atoms with E-state index in [4.69, 9.17) is 9.47 Å². The van der Waals surface area contributed by atoms with E-state index in [0.29, 0.717) is 23.3 Å². The predicted molar refractivity (Wildman–Crippen MR) is 101 cm³/mol. The quantitative estimate of drug-likeness (QED) is 0.561. The highest BCUT2D eigenvalue weighted by molar-refractivity contribution is 7.99. The van der Waals surface area contributed by atoms with Crippen LogP contribution in [0.3, 0.4) is 0 Å². The highest BCUT2D eigenvalue weighted by Gasteiger charge is 2.15. The van der Waals surface area contributed by atoms with Gasteiger partial charge in [0.2, 0.25) is 5.16 Å². The van der Waals surface area contributed by atoms with Crippen LogP contribution >= 0.6 is 23.1 Å². The van der Waals surface area contributed by atoms with Gasteiger partial charge in [-0.3, -0.25) is 0 Å². The molecule has 0 radical (unpaired) electrons. The van der Waals surface area contributed by atoms with Crippen molar-refractivity contribution in [3.63, 3.8) is 0 Å². The average Bonchev–Trinajstić information content (AvgIpc) is 3.31. The first-order valence-corrected chi connectivity index (χ1v) is 9.88. The molecule has 0 bridgehead atoms. The van der Waals surface area contributed by atoms with Crippen molar-refractivity contribution < 1.29 is 14.6 Å². The zero-order chi connectivity index (χ0) is 18.4. The van der Waals surface area contributed by atoms with Crippen LogP contribution in [0, 0.1) is 6.92 Å². The third-order valence-corrected chi connectivity index (χ3v) is 5.46. The van der Waals surface area contributed by atoms with E-state index in [1.807, 2.05) is 42.6 Å². The van der Waals surface area contributed by atoms with Crippen LogP contribution in [0.25, 0.3) is 5.69 Å². The lowest BCUT2D eigenvalue weighted by molar-refractivity contribution is 0.0409. The number of benzene rings is 1. The topological polar surface area (TPSA) is 82.3 Å². The standard InChI is InChI=1S/C17H20N4O3S2/c1-12-5-6-16(23-2)15(8-12)21-17(18-19-20-21)26-11-13(22)9-24-10-14-4-3-7-25-14/h3-8,13,22H,9-11H2,1-2H3/t13-/m1/s1. The third-order valence-electron chi connectivity index (χ3n) is 3.54. The molecular formula is C17H20N4O3S2. The summed E-state index contributed by atoms with van der Waals surface area (Å²) in [4.78, 5) is 1.14. The molecule has 2 heterocycles. The third kappa shape index (κ3) is 4.82. The molecule has 1 aromatic carbocycles. The number of nitrogens with zero attached hydrogens (tertiary/aromatic N) is 4. The Kier molecular flexibility index (Phi) is 6.62. The fourth-order valence-corrected chi connectivity index (χ4v) is 3.72. The molecule has 26 heavy (non-hydrogen) atoms. The normalized spacial score (nSPS) is 12.3. The molecule has 0 saturated heterocycles. The van der Waals surface area contributed by atoms with Crippen molar-refractivity contribution in [1.82, 2.24) is 20.2 Å². The average molecular weight is 393 g/mol. The second kappa shape index (κ2) is 9.13. The molecule has 7 nitrogen and oxygen atoms in total. The van der Waals surface area contributed by atoms with Crippen LogP contribution in [0.5, 0.6) is 5.75 Å². The van der Waals surface area contributed by atoms with E-state index in [0.717, 1.165) is 16.1 Å². The fourth-order valence-electron chi connectivity index (χ4n) is 2.29. The first kappa shape index (κ1) is 18.8. The SMILES string of the molecule is COc1ccc(C)cc1-n1nnnc1SC[C@H](O)COCc1cccs1. The molecule has 0 fully saturated rings. The van der Waals surface area contributed by atoms with Gasteiger partial charge in [-0.2, -0.15) is 4.68 Å². The highest BCUT2D eigenvalue weighted by atomic mass is 32.2. The number of hydrogen-bond acceptors (Lipinski definition) is 8. The van der Waals surface area contributed by atoms with Crippen LogP contribution < -0.4 is 4.74 Å². The van der Waals surface area contributed by atoms with Crippen molar-refractivity contribution in [2.75, 3.05) is 19.5 Å². The molecule has 0 saturated carbocycles. The molecule has 2 aromatic heterocycles. The molecule has 0 aliphatic carbocycles. The summed E-state index contributed by atoms with van der Waals surface area (Å²) in [6.07, 6.45) is -0.607. The Morgan fingerprint density at radius 1 is 1.35 bits per heavy atom. The summed E-state index contributed by atoms with van der Waals surface area (Å²) in [7, 11) is 1.61. The first-order chi connectivity index (χ1) is 12.7. The lowest BCUT2D eigenvalue weighted by atomic mass is 10.2. The molecule has 3 rings (SSSR count). The van der Waals surface area contributed by atoms with Crippen molar-refractivity contribution in [1.29, 1.82) is 0 Å². The lowest BCUT2D eigenvalue weighted by Gasteiger charge is -2.12. The summed E-state index contributed by atoms with van der Waals surface area (Å²) >= 11 is 3.01. The Bertz CT molecular complexity index is 823. The highest BCUT2D eigenvalue weighted by Crippen LogP contribution is 2.27. The summed E-state index contributed by atoms with van der Waals surface area (Å²) in [5.41, 5.74) is 1.85. The van der Waals surface area contributed by atoms with Crippen molar-refractivity contribution in [2.45, 2.75) is 24.8 Å². The van der Waals surface area contributed by atoms with Gasteiger partial charge in [0.15, 0.2) is 0 Å². The second-order valence-corrected chi connectivity index (χ2v) is 7.63. The maximum absolute atomic E-state index is 10.1. The van der Waals surface area contributed by atoms with Gasteiger partial charge in [0.1, 0.15) is 11.4 Å². The number of aliphatic hydroxyl groups is 1. The molecule has 0 spiro atoms. The van der Waals surface area contributed by atoms with Crippen LogP contribution in [0.15, 0.2) is 40.9 Å². The molecule has 3 aromatic rings. The molecule has 0 aliphatic heterocycles. The van der Waals surface area contributed by atoms with Gasteiger partial charge in [-0.05, 0) is 46.5 Å². The van der Waals surface area contributed by atoms with Crippen molar-refractivity contribution in [3.8, 4) is 11.4 Å². The largest absolute Gasteiger partial charge is 0.494 e. The van der Waals surface area contributed by atoms with Crippen LogP contribution in [0.1, 0.15) is 10.4 Å². The van der Waals surface area contributed by atoms with E-state index in [1.54, 1.807) is 23.1 Å². The Morgan fingerprint density at radius 3 is 3.00 bits per heavy atom. The van der Waals surface area contributed by atoms with Gasteiger partial charge in [-0.25, -0.2) is 0 Å². The van der Waals surface area contributed by atoms with Crippen LogP contribution in [0.4, 0.5) is 0 Å². The number of hydrogen-bond donors (Lipinski definition) is 1. The van der Waals surface area contributed by atoms with Gasteiger partial charge in [-0.1, -0.05) is 23.9 Å². The first-order valence-electron chi connectivity index (χ1n) is 8.01. The van der Waals surface area contributed by atoms with E-state index in [9.17, 15) is 5.11 Å². The minimum absolute atomic E-state index is 0.264. The maximum Gasteiger partial charge on any atom is 0.214 e. The zero-order valence-corrected chi connectivity index (χ0v) is 16.2. The van der Waals surface area contributed by atoms with E-state index in [-0.39, 0.29) is 6.61 Å². The number of thiophene rings is 1. The van der Waals surface area contributed by atoms with Gasteiger partial charge in [0.05, 0.1) is 26.4 Å². The number of aryl methyl sites for hydroxylation is 1. The van der Waals surface area contributed by atoms with Crippen molar-refractivity contribution >= 4 is 23.1 Å². The van der Waals surface area contributed by atoms with Gasteiger partial charge in [-0.15, -0.1) is 16.4 Å². The van der Waals surface area contributed by atoms with Crippen LogP contribution in [-0.4, -0.2) is 50.9 Å². The summed E-state index contributed by atoms with van der Waals surface area (Å²) in [5, 5.41) is 24.6. The number of tetrazole rings is 1. The molecule has 0 aliphatic rings. The number of aliphatic hydroxyl groups excluding tert-OH is 1. The van der Waals surface area contributed by atoms with Crippen LogP contribution in [-0.2, 0) is 11.3 Å². The van der Waals surface area contributed by atoms with E-state index in [1.165, 1.54) is 11.8 Å². The van der Waals surface area contributed by atoms with E-state index >= 15 is 0 Å². The Morgan fingerprint density at radius 2 is 2.23 bits per heavy atom. The van der Waals surface area contributed by atoms with Gasteiger partial charge >= 0.3 is 0 Å². The number of rotatable bonds is 9. The molecular weight excluding hydrogens is 372 g/mol.